The van der Waals surface area contributed by atoms with E-state index in [1.54, 1.807) is 11.0 Å². The summed E-state index contributed by atoms with van der Waals surface area (Å²) < 4.78 is 5.34. The number of nitrogens with zero attached hydrogens (tertiary/aromatic N) is 3. The Hall–Kier alpha value is -4.15. The molecule has 0 atom stereocenters. The molecule has 1 aromatic carbocycles. The number of rotatable bonds is 7. The fourth-order valence-corrected chi connectivity index (χ4v) is 4.27. The molecule has 0 unspecified atom stereocenters. The number of amides is 3. The van der Waals surface area contributed by atoms with E-state index in [2.05, 4.69) is 25.9 Å². The lowest BCUT2D eigenvalue weighted by atomic mass is 10.0. The van der Waals surface area contributed by atoms with Gasteiger partial charge in [-0.05, 0) is 39.7 Å². The predicted molar refractivity (Wildman–Crippen MR) is 145 cm³/mol. The second-order valence-corrected chi connectivity index (χ2v) is 10.3. The van der Waals surface area contributed by atoms with E-state index in [1.807, 2.05) is 51.1 Å². The molecule has 202 valence electrons. The highest BCUT2D eigenvalue weighted by molar-refractivity contribution is 6.00. The number of alkyl carbamates (subject to hydrolysis) is 1. The van der Waals surface area contributed by atoms with Gasteiger partial charge in [0.1, 0.15) is 22.8 Å². The highest BCUT2D eigenvalue weighted by Crippen LogP contribution is 2.26. The molecule has 4 N–H and O–H groups in total. The van der Waals surface area contributed by atoms with Gasteiger partial charge < -0.3 is 30.6 Å². The van der Waals surface area contributed by atoms with Crippen molar-refractivity contribution in [2.75, 3.05) is 31.5 Å². The first-order valence-electron chi connectivity index (χ1n) is 12.8. The van der Waals surface area contributed by atoms with Gasteiger partial charge in [-0.25, -0.2) is 14.8 Å². The van der Waals surface area contributed by atoms with Gasteiger partial charge >= 0.3 is 6.09 Å². The molecule has 0 aliphatic carbocycles. The van der Waals surface area contributed by atoms with Crippen LogP contribution in [0.1, 0.15) is 51.0 Å². The van der Waals surface area contributed by atoms with E-state index in [4.69, 9.17) is 9.72 Å². The Balaban J connectivity index is 1.49. The summed E-state index contributed by atoms with van der Waals surface area (Å²) in [4.78, 5) is 51.0. The molecule has 1 saturated heterocycles. The minimum Gasteiger partial charge on any atom is -0.444 e. The Morgan fingerprint density at radius 3 is 2.45 bits per heavy atom. The number of benzene rings is 1. The van der Waals surface area contributed by atoms with Gasteiger partial charge in [-0.1, -0.05) is 30.3 Å². The molecule has 3 heterocycles. The van der Waals surface area contributed by atoms with Crippen LogP contribution in [-0.4, -0.2) is 75.6 Å². The van der Waals surface area contributed by atoms with Crippen molar-refractivity contribution in [3.05, 3.63) is 42.1 Å². The lowest BCUT2D eigenvalue weighted by Crippen LogP contribution is -2.47. The van der Waals surface area contributed by atoms with Gasteiger partial charge in [0.25, 0.3) is 5.91 Å². The molecule has 2 aromatic heterocycles. The van der Waals surface area contributed by atoms with Gasteiger partial charge in [-0.15, -0.1) is 0 Å². The first-order chi connectivity index (χ1) is 18.1. The van der Waals surface area contributed by atoms with Gasteiger partial charge in [0.05, 0.1) is 5.39 Å². The third-order valence-corrected chi connectivity index (χ3v) is 6.04. The SMILES string of the molecule is CC(=O)NCCNc1nc(-c2ccccc2)nc2[nH]c(C(=O)N3CCC(NC(=O)OC(C)(C)C)CC3)cc12. The van der Waals surface area contributed by atoms with Crippen LogP contribution in [-0.2, 0) is 9.53 Å². The number of carbonyl (C=O) groups is 3. The summed E-state index contributed by atoms with van der Waals surface area (Å²) in [6.45, 7) is 8.87. The van der Waals surface area contributed by atoms with Crippen LogP contribution in [0, 0.1) is 0 Å². The lowest BCUT2D eigenvalue weighted by Gasteiger charge is -2.32. The van der Waals surface area contributed by atoms with Crippen LogP contribution in [0.25, 0.3) is 22.4 Å². The van der Waals surface area contributed by atoms with Gasteiger partial charge in [-0.2, -0.15) is 0 Å². The molecule has 11 heteroatoms. The molecule has 1 fully saturated rings. The van der Waals surface area contributed by atoms with Gasteiger partial charge in [0.15, 0.2) is 5.82 Å². The van der Waals surface area contributed by atoms with Crippen LogP contribution in [0.2, 0.25) is 0 Å². The van der Waals surface area contributed by atoms with E-state index in [-0.39, 0.29) is 17.9 Å². The number of fused-ring (bicyclic) bond motifs is 1. The predicted octanol–water partition coefficient (Wildman–Crippen LogP) is 3.30. The summed E-state index contributed by atoms with van der Waals surface area (Å²) in [5.41, 5.74) is 1.26. The molecule has 3 aromatic rings. The summed E-state index contributed by atoms with van der Waals surface area (Å²) in [5.74, 6) is 0.859. The number of carbonyl (C=O) groups excluding carboxylic acids is 3. The Kier molecular flexibility index (Phi) is 8.13. The quantitative estimate of drug-likeness (QED) is 0.350. The number of piperidine rings is 1. The summed E-state index contributed by atoms with van der Waals surface area (Å²) in [6.07, 6.45) is 0.836. The number of ether oxygens (including phenoxy) is 1. The highest BCUT2D eigenvalue weighted by atomic mass is 16.6. The first kappa shape index (κ1) is 26.9. The second kappa shape index (κ2) is 11.5. The number of H-pyrrole nitrogens is 1. The average molecular weight is 522 g/mol. The normalized spacial score (nSPS) is 14.3. The van der Waals surface area contributed by atoms with Crippen molar-refractivity contribution < 1.29 is 19.1 Å². The fourth-order valence-electron chi connectivity index (χ4n) is 4.27. The molecule has 1 aliphatic heterocycles. The van der Waals surface area contributed by atoms with Crippen LogP contribution < -0.4 is 16.0 Å². The number of likely N-dealkylation sites (tertiary alicyclic amines) is 1. The molecular weight excluding hydrogens is 486 g/mol. The van der Waals surface area contributed by atoms with Crippen LogP contribution in [0.5, 0.6) is 0 Å². The molecule has 11 nitrogen and oxygen atoms in total. The number of aromatic amines is 1. The minimum atomic E-state index is -0.558. The van der Waals surface area contributed by atoms with Crippen LogP contribution >= 0.6 is 0 Å². The Morgan fingerprint density at radius 2 is 1.79 bits per heavy atom. The van der Waals surface area contributed by atoms with E-state index in [9.17, 15) is 14.4 Å². The molecule has 0 bridgehead atoms. The third-order valence-electron chi connectivity index (χ3n) is 6.04. The van der Waals surface area contributed by atoms with E-state index in [0.717, 1.165) is 5.56 Å². The smallest absolute Gasteiger partial charge is 0.407 e. The molecule has 3 amide bonds. The summed E-state index contributed by atoms with van der Waals surface area (Å²) in [5, 5.41) is 9.61. The molecule has 4 rings (SSSR count). The third kappa shape index (κ3) is 6.99. The van der Waals surface area contributed by atoms with Crippen molar-refractivity contribution in [2.24, 2.45) is 0 Å². The van der Waals surface area contributed by atoms with Crippen molar-refractivity contribution in [3.63, 3.8) is 0 Å². The van der Waals surface area contributed by atoms with Crippen molar-refractivity contribution >= 4 is 34.8 Å². The van der Waals surface area contributed by atoms with Crippen molar-refractivity contribution in [3.8, 4) is 11.4 Å². The van der Waals surface area contributed by atoms with Crippen LogP contribution in [0.4, 0.5) is 10.6 Å². The zero-order valence-corrected chi connectivity index (χ0v) is 22.3. The summed E-state index contributed by atoms with van der Waals surface area (Å²) in [7, 11) is 0. The molecular formula is C27H35N7O4. The topological polar surface area (TPSA) is 141 Å². The van der Waals surface area contributed by atoms with E-state index >= 15 is 0 Å². The molecule has 38 heavy (non-hydrogen) atoms. The fraction of sp³-hybridized carbons (Fsp3) is 0.444. The highest BCUT2D eigenvalue weighted by Gasteiger charge is 2.27. The Labute approximate surface area is 221 Å². The Bertz CT molecular complexity index is 1290. The van der Waals surface area contributed by atoms with Crippen LogP contribution in [0.3, 0.4) is 0 Å². The zero-order valence-electron chi connectivity index (χ0n) is 22.3. The zero-order chi connectivity index (χ0) is 27.3. The standard InChI is InChI=1S/C27H35N7O4/c1-17(35)28-12-13-29-23-20-16-21(31-24(20)33-22(32-23)18-8-6-5-7-9-18)25(36)34-14-10-19(11-15-34)30-26(37)38-27(2,3)4/h5-9,16,19H,10-15H2,1-4H3,(H,28,35)(H,30,37)(H2,29,31,32,33). The number of hydrogen-bond acceptors (Lipinski definition) is 7. The number of anilines is 1. The molecule has 1 aliphatic rings. The summed E-state index contributed by atoms with van der Waals surface area (Å²) >= 11 is 0. The number of nitrogens with one attached hydrogen (secondary N) is 4. The van der Waals surface area contributed by atoms with Gasteiger partial charge in [0, 0.05) is 44.7 Å². The number of aromatic nitrogens is 3. The van der Waals surface area contributed by atoms with Crippen LogP contribution in [0.15, 0.2) is 36.4 Å². The minimum absolute atomic E-state index is 0.0460. The first-order valence-corrected chi connectivity index (χ1v) is 12.8. The maximum Gasteiger partial charge on any atom is 0.407 e. The van der Waals surface area contributed by atoms with Crippen molar-refractivity contribution in [2.45, 2.75) is 52.2 Å². The maximum atomic E-state index is 13.4. The maximum absolute atomic E-state index is 13.4. The molecule has 0 radical (unpaired) electrons. The monoisotopic (exact) mass is 521 g/mol. The van der Waals surface area contributed by atoms with Crippen molar-refractivity contribution in [1.82, 2.24) is 30.5 Å². The lowest BCUT2D eigenvalue weighted by molar-refractivity contribution is -0.118. The second-order valence-electron chi connectivity index (χ2n) is 10.3. The Morgan fingerprint density at radius 1 is 1.08 bits per heavy atom. The van der Waals surface area contributed by atoms with E-state index < -0.39 is 11.7 Å². The summed E-state index contributed by atoms with van der Waals surface area (Å²) in [6, 6.07) is 11.3. The van der Waals surface area contributed by atoms with Gasteiger partial charge in [0.2, 0.25) is 5.91 Å². The number of hydrogen-bond donors (Lipinski definition) is 4. The van der Waals surface area contributed by atoms with E-state index in [0.29, 0.717) is 67.4 Å². The van der Waals surface area contributed by atoms with Gasteiger partial charge in [-0.3, -0.25) is 9.59 Å². The van der Waals surface area contributed by atoms with E-state index in [1.165, 1.54) is 6.92 Å². The molecule has 0 saturated carbocycles. The largest absolute Gasteiger partial charge is 0.444 e. The molecule has 0 spiro atoms. The average Bonchev–Trinajstić information content (AvgIpc) is 3.30. The van der Waals surface area contributed by atoms with Crippen molar-refractivity contribution in [1.29, 1.82) is 0 Å².